The highest BCUT2D eigenvalue weighted by atomic mass is 127. The average Bonchev–Trinajstić information content (AvgIpc) is 3.19. The summed E-state index contributed by atoms with van der Waals surface area (Å²) < 4.78 is 4.94. The van der Waals surface area contributed by atoms with Gasteiger partial charge in [-0.3, -0.25) is 14.8 Å². The summed E-state index contributed by atoms with van der Waals surface area (Å²) in [6.45, 7) is 16.0. The number of hydrogen-bond donors (Lipinski definition) is 1. The Labute approximate surface area is 186 Å². The molecule has 3 heterocycles. The molecule has 2 aliphatic heterocycles. The predicted octanol–water partition coefficient (Wildman–Crippen LogP) is 2.50. The third-order valence-corrected chi connectivity index (χ3v) is 5.83. The first-order valence-corrected chi connectivity index (χ1v) is 10.5. The van der Waals surface area contributed by atoms with Crippen LogP contribution in [0.1, 0.15) is 39.3 Å². The Kier molecular flexibility index (Phi) is 10.0. The van der Waals surface area contributed by atoms with Crippen molar-refractivity contribution in [1.82, 2.24) is 25.2 Å². The lowest BCUT2D eigenvalue weighted by molar-refractivity contribution is 0.149. The summed E-state index contributed by atoms with van der Waals surface area (Å²) >= 11 is 0. The van der Waals surface area contributed by atoms with Crippen LogP contribution in [0.5, 0.6) is 0 Å². The molecule has 7 nitrogen and oxygen atoms in total. The van der Waals surface area contributed by atoms with Gasteiger partial charge < -0.3 is 14.7 Å². The summed E-state index contributed by atoms with van der Waals surface area (Å²) in [5.74, 6) is 1.94. The molecular formula is C20H37IN6O. The third kappa shape index (κ3) is 6.88. The van der Waals surface area contributed by atoms with E-state index in [4.69, 9.17) is 9.52 Å². The fraction of sp³-hybridized carbons (Fsp3) is 0.800. The van der Waals surface area contributed by atoms with Crippen molar-refractivity contribution in [3.8, 4) is 0 Å². The standard InChI is InChI=1S/C20H36N6O.HI/c1-4-21-20(22-15-18(3)25-8-5-17(2)6-9-25)26-12-10-24(11-13-26)16-19-7-14-27-23-19;/h7,14,17-18H,4-6,8-13,15-16H2,1-3H3,(H,21,22);1H. The number of hydrogen-bond acceptors (Lipinski definition) is 5. The number of nitrogens with zero attached hydrogens (tertiary/aromatic N) is 5. The zero-order valence-electron chi connectivity index (χ0n) is 17.6. The first-order chi connectivity index (χ1) is 13.2. The minimum absolute atomic E-state index is 0. The number of likely N-dealkylation sites (tertiary alicyclic amines) is 1. The summed E-state index contributed by atoms with van der Waals surface area (Å²) in [7, 11) is 0. The molecule has 2 aliphatic rings. The zero-order valence-corrected chi connectivity index (χ0v) is 20.0. The van der Waals surface area contributed by atoms with Gasteiger partial charge in [0.2, 0.25) is 0 Å². The minimum atomic E-state index is 0. The lowest BCUT2D eigenvalue weighted by Crippen LogP contribution is -2.52. The summed E-state index contributed by atoms with van der Waals surface area (Å²) in [6.07, 6.45) is 4.29. The number of guanidine groups is 1. The maximum atomic E-state index is 4.98. The van der Waals surface area contributed by atoms with Gasteiger partial charge in [-0.05, 0) is 45.7 Å². The van der Waals surface area contributed by atoms with E-state index in [1.165, 1.54) is 25.9 Å². The second kappa shape index (κ2) is 12.0. The Bertz CT molecular complexity index is 565. The van der Waals surface area contributed by atoms with Crippen LogP contribution in [-0.4, -0.2) is 84.2 Å². The van der Waals surface area contributed by atoms with Gasteiger partial charge in [0.25, 0.3) is 0 Å². The molecule has 0 saturated carbocycles. The van der Waals surface area contributed by atoms with E-state index in [0.717, 1.165) is 63.4 Å². The molecule has 1 atom stereocenters. The summed E-state index contributed by atoms with van der Waals surface area (Å²) in [6, 6.07) is 2.46. The van der Waals surface area contributed by atoms with Crippen LogP contribution in [0, 0.1) is 5.92 Å². The Balaban J connectivity index is 0.00000280. The van der Waals surface area contributed by atoms with Crippen LogP contribution in [0.3, 0.4) is 0 Å². The van der Waals surface area contributed by atoms with Crippen molar-refractivity contribution in [3.63, 3.8) is 0 Å². The van der Waals surface area contributed by atoms with Crippen LogP contribution in [0.4, 0.5) is 0 Å². The van der Waals surface area contributed by atoms with Gasteiger partial charge in [0.05, 0.1) is 12.2 Å². The van der Waals surface area contributed by atoms with Gasteiger partial charge in [-0.15, -0.1) is 24.0 Å². The molecule has 2 saturated heterocycles. The average molecular weight is 504 g/mol. The summed E-state index contributed by atoms with van der Waals surface area (Å²) in [4.78, 5) is 12.4. The van der Waals surface area contributed by atoms with E-state index in [9.17, 15) is 0 Å². The molecule has 3 rings (SSSR count). The molecule has 0 amide bonds. The fourth-order valence-electron chi connectivity index (χ4n) is 3.90. The quantitative estimate of drug-likeness (QED) is 0.365. The molecule has 1 aromatic heterocycles. The fourth-order valence-corrected chi connectivity index (χ4v) is 3.90. The van der Waals surface area contributed by atoms with Crippen molar-refractivity contribution in [3.05, 3.63) is 18.0 Å². The SMILES string of the molecule is CCNC(=NCC(C)N1CCC(C)CC1)N1CCN(Cc2ccon2)CC1.I. The highest BCUT2D eigenvalue weighted by molar-refractivity contribution is 14.0. The molecule has 28 heavy (non-hydrogen) atoms. The second-order valence-corrected chi connectivity index (χ2v) is 8.02. The number of aliphatic imine (C=N–C) groups is 1. The van der Waals surface area contributed by atoms with Crippen molar-refractivity contribution in [2.45, 2.75) is 46.2 Å². The Hall–Kier alpha value is -0.870. The predicted molar refractivity (Wildman–Crippen MR) is 124 cm³/mol. The molecular weight excluding hydrogens is 467 g/mol. The lowest BCUT2D eigenvalue weighted by Gasteiger charge is -2.37. The number of piperidine rings is 1. The summed E-state index contributed by atoms with van der Waals surface area (Å²) in [5.41, 5.74) is 1.01. The van der Waals surface area contributed by atoms with E-state index < -0.39 is 0 Å². The van der Waals surface area contributed by atoms with Crippen LogP contribution in [-0.2, 0) is 6.54 Å². The molecule has 0 bridgehead atoms. The molecule has 160 valence electrons. The number of nitrogens with one attached hydrogen (secondary N) is 1. The van der Waals surface area contributed by atoms with Crippen LogP contribution in [0.25, 0.3) is 0 Å². The Morgan fingerprint density at radius 1 is 1.25 bits per heavy atom. The van der Waals surface area contributed by atoms with Gasteiger partial charge in [0.1, 0.15) is 6.26 Å². The van der Waals surface area contributed by atoms with Gasteiger partial charge in [-0.25, -0.2) is 0 Å². The third-order valence-electron chi connectivity index (χ3n) is 5.83. The molecule has 1 aromatic rings. The second-order valence-electron chi connectivity index (χ2n) is 8.02. The van der Waals surface area contributed by atoms with Crippen LogP contribution < -0.4 is 5.32 Å². The van der Waals surface area contributed by atoms with Gasteiger partial charge >= 0.3 is 0 Å². The maximum Gasteiger partial charge on any atom is 0.194 e. The number of halogens is 1. The maximum absolute atomic E-state index is 4.98. The topological polar surface area (TPSA) is 60.1 Å². The molecule has 0 aliphatic carbocycles. The number of piperazine rings is 1. The molecule has 1 N–H and O–H groups in total. The molecule has 1 unspecified atom stereocenters. The van der Waals surface area contributed by atoms with Crippen LogP contribution in [0.2, 0.25) is 0 Å². The molecule has 0 radical (unpaired) electrons. The monoisotopic (exact) mass is 504 g/mol. The van der Waals surface area contributed by atoms with E-state index >= 15 is 0 Å². The zero-order chi connectivity index (χ0) is 19.1. The van der Waals surface area contributed by atoms with E-state index in [1.54, 1.807) is 6.26 Å². The van der Waals surface area contributed by atoms with Crippen molar-refractivity contribution >= 4 is 29.9 Å². The molecule has 2 fully saturated rings. The van der Waals surface area contributed by atoms with E-state index in [1.807, 2.05) is 6.07 Å². The minimum Gasteiger partial charge on any atom is -0.364 e. The Morgan fingerprint density at radius 3 is 2.57 bits per heavy atom. The van der Waals surface area contributed by atoms with E-state index in [-0.39, 0.29) is 24.0 Å². The molecule has 8 heteroatoms. The highest BCUT2D eigenvalue weighted by Crippen LogP contribution is 2.18. The van der Waals surface area contributed by atoms with Gasteiger partial charge in [-0.1, -0.05) is 12.1 Å². The normalized spacial score (nSPS) is 21.4. The molecule has 0 spiro atoms. The van der Waals surface area contributed by atoms with Crippen LogP contribution >= 0.6 is 24.0 Å². The van der Waals surface area contributed by atoms with E-state index in [2.05, 4.69) is 45.9 Å². The van der Waals surface area contributed by atoms with E-state index in [0.29, 0.717) is 6.04 Å². The smallest absolute Gasteiger partial charge is 0.194 e. The van der Waals surface area contributed by atoms with Gasteiger partial charge in [-0.2, -0.15) is 0 Å². The first kappa shape index (κ1) is 23.4. The largest absolute Gasteiger partial charge is 0.364 e. The molecule has 0 aromatic carbocycles. The van der Waals surface area contributed by atoms with Crippen molar-refractivity contribution < 1.29 is 4.52 Å². The van der Waals surface area contributed by atoms with Crippen LogP contribution in [0.15, 0.2) is 21.8 Å². The van der Waals surface area contributed by atoms with Crippen molar-refractivity contribution in [1.29, 1.82) is 0 Å². The highest BCUT2D eigenvalue weighted by Gasteiger charge is 2.22. The van der Waals surface area contributed by atoms with Crippen molar-refractivity contribution in [2.24, 2.45) is 10.9 Å². The lowest BCUT2D eigenvalue weighted by atomic mass is 9.98. The van der Waals surface area contributed by atoms with Crippen molar-refractivity contribution in [2.75, 3.05) is 52.4 Å². The Morgan fingerprint density at radius 2 is 1.96 bits per heavy atom. The first-order valence-electron chi connectivity index (χ1n) is 10.5. The van der Waals surface area contributed by atoms with Gasteiger partial charge in [0, 0.05) is 51.4 Å². The number of rotatable bonds is 6. The van der Waals surface area contributed by atoms with Gasteiger partial charge in [0.15, 0.2) is 5.96 Å². The number of aromatic nitrogens is 1. The summed E-state index contributed by atoms with van der Waals surface area (Å²) in [5, 5.41) is 7.51.